The third-order valence-electron chi connectivity index (χ3n) is 5.75. The van der Waals surface area contributed by atoms with E-state index in [0.29, 0.717) is 37.9 Å². The fraction of sp³-hybridized carbons (Fsp3) is 0.318. The minimum absolute atomic E-state index is 0.0277. The zero-order chi connectivity index (χ0) is 19.8. The molecule has 0 saturated carbocycles. The highest BCUT2D eigenvalue weighted by Crippen LogP contribution is 2.29. The van der Waals surface area contributed by atoms with Crippen molar-refractivity contribution in [3.8, 4) is 11.1 Å². The van der Waals surface area contributed by atoms with Crippen LogP contribution in [0.4, 0.5) is 0 Å². The highest BCUT2D eigenvalue weighted by Gasteiger charge is 2.26. The molecule has 1 saturated heterocycles. The molecule has 144 valence electrons. The van der Waals surface area contributed by atoms with Crippen LogP contribution in [0.15, 0.2) is 41.3 Å². The number of rotatable bonds is 3. The molecular weight excluding hydrogens is 354 g/mol. The normalized spacial score (nSPS) is 16.2. The zero-order valence-electron chi connectivity index (χ0n) is 15.9. The van der Waals surface area contributed by atoms with Gasteiger partial charge in [-0.3, -0.25) is 14.4 Å². The van der Waals surface area contributed by atoms with E-state index >= 15 is 0 Å². The number of amides is 2. The summed E-state index contributed by atoms with van der Waals surface area (Å²) in [4.78, 5) is 38.1. The van der Waals surface area contributed by atoms with Crippen LogP contribution in [-0.2, 0) is 18.3 Å². The Morgan fingerprint density at radius 1 is 1.11 bits per heavy atom. The molecule has 2 aliphatic rings. The number of allylic oxidation sites excluding steroid dienone is 1. The van der Waals surface area contributed by atoms with Gasteiger partial charge in [0.2, 0.25) is 5.91 Å². The van der Waals surface area contributed by atoms with Crippen LogP contribution in [0.5, 0.6) is 0 Å². The maximum atomic E-state index is 12.8. The molecule has 1 aromatic carbocycles. The summed E-state index contributed by atoms with van der Waals surface area (Å²) in [7, 11) is 1.76. The maximum absolute atomic E-state index is 12.8. The van der Waals surface area contributed by atoms with Gasteiger partial charge in [-0.2, -0.15) is 0 Å². The van der Waals surface area contributed by atoms with Crippen LogP contribution in [-0.4, -0.2) is 34.4 Å². The first-order valence-corrected chi connectivity index (χ1v) is 9.54. The Labute approximate surface area is 163 Å². The number of pyridine rings is 1. The molecule has 1 aromatic heterocycles. The molecule has 1 fully saturated rings. The third kappa shape index (κ3) is 3.15. The maximum Gasteiger partial charge on any atom is 0.254 e. The van der Waals surface area contributed by atoms with Gasteiger partial charge >= 0.3 is 0 Å². The highest BCUT2D eigenvalue weighted by molar-refractivity contribution is 5.95. The van der Waals surface area contributed by atoms with E-state index in [2.05, 4.69) is 0 Å². The fourth-order valence-electron chi connectivity index (χ4n) is 4.07. The lowest BCUT2D eigenvalue weighted by Crippen LogP contribution is -2.41. The van der Waals surface area contributed by atoms with Gasteiger partial charge in [0.1, 0.15) is 0 Å². The lowest BCUT2D eigenvalue weighted by molar-refractivity contribution is -0.123. The lowest BCUT2D eigenvalue weighted by Gasteiger charge is -2.30. The average molecular weight is 377 g/mol. The van der Waals surface area contributed by atoms with E-state index in [9.17, 15) is 14.4 Å². The molecule has 4 rings (SSSR count). The van der Waals surface area contributed by atoms with Crippen molar-refractivity contribution in [3.05, 3.63) is 63.6 Å². The van der Waals surface area contributed by atoms with Crippen molar-refractivity contribution in [1.29, 1.82) is 0 Å². The number of likely N-dealkylation sites (tertiary alicyclic amines) is 1. The van der Waals surface area contributed by atoms with Gasteiger partial charge in [-0.25, -0.2) is 0 Å². The molecule has 6 nitrogen and oxygen atoms in total. The van der Waals surface area contributed by atoms with Crippen molar-refractivity contribution in [1.82, 2.24) is 9.47 Å². The summed E-state index contributed by atoms with van der Waals surface area (Å²) in [6.07, 6.45) is 7.75. The summed E-state index contributed by atoms with van der Waals surface area (Å²) in [5.41, 5.74) is 9.77. The average Bonchev–Trinajstić information content (AvgIpc) is 3.20. The van der Waals surface area contributed by atoms with Crippen molar-refractivity contribution in [2.45, 2.75) is 19.3 Å². The predicted octanol–water partition coefficient (Wildman–Crippen LogP) is 1.96. The number of carbonyl (C=O) groups excluding carboxylic acids is 2. The molecule has 28 heavy (non-hydrogen) atoms. The summed E-state index contributed by atoms with van der Waals surface area (Å²) >= 11 is 0. The Morgan fingerprint density at radius 2 is 1.79 bits per heavy atom. The van der Waals surface area contributed by atoms with Gasteiger partial charge in [0, 0.05) is 48.9 Å². The van der Waals surface area contributed by atoms with Gasteiger partial charge < -0.3 is 15.2 Å². The number of nitrogens with two attached hydrogens (primary N) is 1. The number of primary amides is 1. The molecule has 0 bridgehead atoms. The van der Waals surface area contributed by atoms with Crippen LogP contribution in [0.3, 0.4) is 0 Å². The number of piperidine rings is 1. The Bertz CT molecular complexity index is 1030. The Hall–Kier alpha value is -3.15. The van der Waals surface area contributed by atoms with E-state index in [1.165, 1.54) is 0 Å². The van der Waals surface area contributed by atoms with Gasteiger partial charge in [0.05, 0.1) is 0 Å². The number of nitrogens with zero attached hydrogens (tertiary/aromatic N) is 2. The summed E-state index contributed by atoms with van der Waals surface area (Å²) in [6.45, 7) is 1.10. The smallest absolute Gasteiger partial charge is 0.254 e. The second-order valence-corrected chi connectivity index (χ2v) is 7.50. The van der Waals surface area contributed by atoms with E-state index in [0.717, 1.165) is 22.3 Å². The van der Waals surface area contributed by atoms with Gasteiger partial charge in [0.15, 0.2) is 0 Å². The first-order chi connectivity index (χ1) is 13.5. The Morgan fingerprint density at radius 3 is 2.43 bits per heavy atom. The standard InChI is InChI=1S/C22H23N3O3/c1-24-13-19(17-3-2-4-18(17)22(24)28)14-5-7-16(8-6-14)21(27)25-11-9-15(10-12-25)20(23)26/h2-3,5-8,13,15H,4,9-12H2,1H3,(H2,23,26). The monoisotopic (exact) mass is 377 g/mol. The number of carbonyl (C=O) groups is 2. The molecular formula is C22H23N3O3. The number of aromatic nitrogens is 1. The molecule has 0 unspecified atom stereocenters. The number of hydrogen-bond acceptors (Lipinski definition) is 3. The Kier molecular flexibility index (Phi) is 4.63. The van der Waals surface area contributed by atoms with Crippen LogP contribution in [0.25, 0.3) is 17.2 Å². The highest BCUT2D eigenvalue weighted by atomic mass is 16.2. The summed E-state index contributed by atoms with van der Waals surface area (Å²) in [5.74, 6) is -0.443. The van der Waals surface area contributed by atoms with Crippen molar-refractivity contribution in [3.63, 3.8) is 0 Å². The van der Waals surface area contributed by atoms with Gasteiger partial charge in [-0.05, 0) is 42.5 Å². The molecule has 2 N–H and O–H groups in total. The Balaban J connectivity index is 1.56. The second-order valence-electron chi connectivity index (χ2n) is 7.50. The molecule has 1 aliphatic carbocycles. The minimum Gasteiger partial charge on any atom is -0.369 e. The summed E-state index contributed by atoms with van der Waals surface area (Å²) in [6, 6.07) is 7.51. The molecule has 0 radical (unpaired) electrons. The minimum atomic E-state index is -0.282. The predicted molar refractivity (Wildman–Crippen MR) is 108 cm³/mol. The summed E-state index contributed by atoms with van der Waals surface area (Å²) in [5, 5.41) is 0. The van der Waals surface area contributed by atoms with Gasteiger partial charge in [-0.15, -0.1) is 0 Å². The molecule has 1 aliphatic heterocycles. The molecule has 6 heteroatoms. The van der Waals surface area contributed by atoms with E-state index in [4.69, 9.17) is 5.73 Å². The van der Waals surface area contributed by atoms with E-state index in [1.807, 2.05) is 42.6 Å². The van der Waals surface area contributed by atoms with E-state index in [1.54, 1.807) is 16.5 Å². The quantitative estimate of drug-likeness (QED) is 0.887. The molecule has 2 heterocycles. The van der Waals surface area contributed by atoms with Crippen LogP contribution in [0.2, 0.25) is 0 Å². The van der Waals surface area contributed by atoms with Gasteiger partial charge in [0.25, 0.3) is 11.5 Å². The van der Waals surface area contributed by atoms with Crippen LogP contribution in [0.1, 0.15) is 34.3 Å². The van der Waals surface area contributed by atoms with Crippen LogP contribution < -0.4 is 11.3 Å². The lowest BCUT2D eigenvalue weighted by atomic mass is 9.95. The first kappa shape index (κ1) is 18.2. The van der Waals surface area contributed by atoms with Crippen molar-refractivity contribution in [2.75, 3.05) is 13.1 Å². The van der Waals surface area contributed by atoms with Gasteiger partial charge in [-0.1, -0.05) is 24.3 Å². The van der Waals surface area contributed by atoms with Crippen LogP contribution in [0, 0.1) is 5.92 Å². The van der Waals surface area contributed by atoms with Crippen LogP contribution >= 0.6 is 0 Å². The largest absolute Gasteiger partial charge is 0.369 e. The number of benzene rings is 1. The van der Waals surface area contributed by atoms with Crippen molar-refractivity contribution < 1.29 is 9.59 Å². The molecule has 2 amide bonds. The molecule has 0 spiro atoms. The number of fused-ring (bicyclic) bond motifs is 1. The molecule has 2 aromatic rings. The number of aryl methyl sites for hydroxylation is 1. The third-order valence-corrected chi connectivity index (χ3v) is 5.75. The molecule has 0 atom stereocenters. The van der Waals surface area contributed by atoms with Crippen molar-refractivity contribution >= 4 is 17.9 Å². The topological polar surface area (TPSA) is 85.4 Å². The van der Waals surface area contributed by atoms with Crippen molar-refractivity contribution in [2.24, 2.45) is 18.7 Å². The first-order valence-electron chi connectivity index (χ1n) is 9.54. The van der Waals surface area contributed by atoms with E-state index < -0.39 is 0 Å². The second kappa shape index (κ2) is 7.11. The SMILES string of the molecule is Cn1cc(-c2ccc(C(=O)N3CCC(C(N)=O)CC3)cc2)c2c(c1=O)CC=C2. The zero-order valence-corrected chi connectivity index (χ0v) is 15.9. The van der Waals surface area contributed by atoms with E-state index in [-0.39, 0.29) is 23.3 Å². The fourth-order valence-corrected chi connectivity index (χ4v) is 4.07. The number of hydrogen-bond donors (Lipinski definition) is 1. The summed E-state index contributed by atoms with van der Waals surface area (Å²) < 4.78 is 1.61.